The SMILES string of the molecule is CC1(C)C=Cc2ccc(OCc3cccc(C(F)(F)F)c3)cc2O1. The van der Waals surface area contributed by atoms with Crippen molar-refractivity contribution in [1.82, 2.24) is 0 Å². The number of hydrogen-bond donors (Lipinski definition) is 0. The van der Waals surface area contributed by atoms with Crippen LogP contribution in [0.25, 0.3) is 6.08 Å². The molecule has 0 aromatic heterocycles. The summed E-state index contributed by atoms with van der Waals surface area (Å²) >= 11 is 0. The first-order valence-electron chi connectivity index (χ1n) is 7.54. The molecule has 0 spiro atoms. The summed E-state index contributed by atoms with van der Waals surface area (Å²) < 4.78 is 49.7. The summed E-state index contributed by atoms with van der Waals surface area (Å²) in [6, 6.07) is 10.5. The zero-order valence-corrected chi connectivity index (χ0v) is 13.4. The van der Waals surface area contributed by atoms with Crippen molar-refractivity contribution in [3.8, 4) is 11.5 Å². The molecule has 0 bridgehead atoms. The standard InChI is InChI=1S/C19H17F3O2/c1-18(2)9-8-14-6-7-16(11-17(14)24-18)23-12-13-4-3-5-15(10-13)19(20,21)22/h3-11H,12H2,1-2H3. The Hall–Kier alpha value is -2.43. The predicted molar refractivity (Wildman–Crippen MR) is 86.0 cm³/mol. The lowest BCUT2D eigenvalue weighted by atomic mass is 10.0. The fourth-order valence-corrected chi connectivity index (χ4v) is 2.44. The first-order chi connectivity index (χ1) is 11.2. The topological polar surface area (TPSA) is 18.5 Å². The second kappa shape index (κ2) is 5.89. The van der Waals surface area contributed by atoms with Gasteiger partial charge in [0.2, 0.25) is 0 Å². The van der Waals surface area contributed by atoms with Crippen LogP contribution in [0, 0.1) is 0 Å². The van der Waals surface area contributed by atoms with E-state index in [1.165, 1.54) is 6.07 Å². The molecule has 0 atom stereocenters. The predicted octanol–water partition coefficient (Wildman–Crippen LogP) is 5.47. The van der Waals surface area contributed by atoms with E-state index in [4.69, 9.17) is 9.47 Å². The molecule has 2 aromatic rings. The van der Waals surface area contributed by atoms with Gasteiger partial charge in [0.25, 0.3) is 0 Å². The van der Waals surface area contributed by atoms with Gasteiger partial charge in [0.1, 0.15) is 23.7 Å². The molecule has 1 aliphatic heterocycles. The molecule has 0 unspecified atom stereocenters. The Labute approximate surface area is 138 Å². The van der Waals surface area contributed by atoms with E-state index in [0.717, 1.165) is 17.7 Å². The maximum Gasteiger partial charge on any atom is 0.416 e. The number of ether oxygens (including phenoxy) is 2. The van der Waals surface area contributed by atoms with Gasteiger partial charge < -0.3 is 9.47 Å². The Bertz CT molecular complexity index is 776. The molecule has 5 heteroatoms. The number of halogens is 3. The number of fused-ring (bicyclic) bond motifs is 1. The molecule has 0 aliphatic carbocycles. The van der Waals surface area contributed by atoms with Crippen molar-refractivity contribution in [1.29, 1.82) is 0 Å². The van der Waals surface area contributed by atoms with Gasteiger partial charge in [-0.05, 0) is 49.8 Å². The maximum absolute atomic E-state index is 12.7. The van der Waals surface area contributed by atoms with E-state index in [1.807, 2.05) is 32.1 Å². The average Bonchev–Trinajstić information content (AvgIpc) is 2.51. The van der Waals surface area contributed by atoms with Gasteiger partial charge in [0, 0.05) is 11.6 Å². The van der Waals surface area contributed by atoms with Crippen LogP contribution in [0.2, 0.25) is 0 Å². The molecule has 0 N–H and O–H groups in total. The number of hydrogen-bond acceptors (Lipinski definition) is 2. The molecule has 0 radical (unpaired) electrons. The lowest BCUT2D eigenvalue weighted by molar-refractivity contribution is -0.137. The highest BCUT2D eigenvalue weighted by Gasteiger charge is 2.30. The second-order valence-electron chi connectivity index (χ2n) is 6.23. The largest absolute Gasteiger partial charge is 0.489 e. The second-order valence-corrected chi connectivity index (χ2v) is 6.23. The van der Waals surface area contributed by atoms with E-state index in [2.05, 4.69) is 0 Å². The third-order valence-corrected chi connectivity index (χ3v) is 3.68. The van der Waals surface area contributed by atoms with E-state index in [1.54, 1.807) is 18.2 Å². The van der Waals surface area contributed by atoms with Crippen LogP contribution in [0.1, 0.15) is 30.5 Å². The van der Waals surface area contributed by atoms with Crippen LogP contribution < -0.4 is 9.47 Å². The van der Waals surface area contributed by atoms with Crippen molar-refractivity contribution in [2.75, 3.05) is 0 Å². The molecule has 2 nitrogen and oxygen atoms in total. The van der Waals surface area contributed by atoms with Crippen molar-refractivity contribution in [3.63, 3.8) is 0 Å². The van der Waals surface area contributed by atoms with Crippen LogP contribution in [0.3, 0.4) is 0 Å². The quantitative estimate of drug-likeness (QED) is 0.741. The number of alkyl halides is 3. The van der Waals surface area contributed by atoms with E-state index in [0.29, 0.717) is 17.1 Å². The van der Waals surface area contributed by atoms with Gasteiger partial charge in [-0.2, -0.15) is 13.2 Å². The molecule has 0 fully saturated rings. The summed E-state index contributed by atoms with van der Waals surface area (Å²) in [6.07, 6.45) is -0.401. The van der Waals surface area contributed by atoms with Gasteiger partial charge in [-0.15, -0.1) is 0 Å². The summed E-state index contributed by atoms with van der Waals surface area (Å²) in [4.78, 5) is 0. The van der Waals surface area contributed by atoms with Gasteiger partial charge in [-0.25, -0.2) is 0 Å². The van der Waals surface area contributed by atoms with Crippen LogP contribution in [-0.4, -0.2) is 5.60 Å². The molecule has 2 aromatic carbocycles. The zero-order chi connectivity index (χ0) is 17.4. The maximum atomic E-state index is 12.7. The van der Waals surface area contributed by atoms with Crippen molar-refractivity contribution in [3.05, 3.63) is 65.2 Å². The van der Waals surface area contributed by atoms with Crippen LogP contribution >= 0.6 is 0 Å². The molecule has 0 saturated heterocycles. The Balaban J connectivity index is 1.73. The summed E-state index contributed by atoms with van der Waals surface area (Å²) in [6.45, 7) is 3.95. The summed E-state index contributed by atoms with van der Waals surface area (Å²) in [5.74, 6) is 1.25. The van der Waals surface area contributed by atoms with Gasteiger partial charge in [0.05, 0.1) is 5.56 Å². The molecule has 126 valence electrons. The molecule has 3 rings (SSSR count). The van der Waals surface area contributed by atoms with E-state index in [9.17, 15) is 13.2 Å². The van der Waals surface area contributed by atoms with Gasteiger partial charge >= 0.3 is 6.18 Å². The first-order valence-corrected chi connectivity index (χ1v) is 7.54. The third-order valence-electron chi connectivity index (χ3n) is 3.68. The Kier molecular flexibility index (Phi) is 4.03. The van der Waals surface area contributed by atoms with Crippen molar-refractivity contribution in [2.24, 2.45) is 0 Å². The molecular weight excluding hydrogens is 317 g/mol. The zero-order valence-electron chi connectivity index (χ0n) is 13.4. The Morgan fingerprint density at radius 1 is 1.08 bits per heavy atom. The average molecular weight is 334 g/mol. The van der Waals surface area contributed by atoms with Crippen LogP contribution in [0.4, 0.5) is 13.2 Å². The monoisotopic (exact) mass is 334 g/mol. The molecule has 24 heavy (non-hydrogen) atoms. The smallest absolute Gasteiger partial charge is 0.416 e. The van der Waals surface area contributed by atoms with Gasteiger partial charge in [-0.1, -0.05) is 18.2 Å². The van der Waals surface area contributed by atoms with Crippen molar-refractivity contribution < 1.29 is 22.6 Å². The van der Waals surface area contributed by atoms with E-state index in [-0.39, 0.29) is 6.61 Å². The Morgan fingerprint density at radius 3 is 2.62 bits per heavy atom. The molecule has 0 saturated carbocycles. The van der Waals surface area contributed by atoms with Crippen LogP contribution in [0.15, 0.2) is 48.5 Å². The highest BCUT2D eigenvalue weighted by atomic mass is 19.4. The van der Waals surface area contributed by atoms with Gasteiger partial charge in [0.15, 0.2) is 0 Å². The minimum atomic E-state index is -4.35. The normalized spacial score (nSPS) is 15.5. The number of rotatable bonds is 3. The fourth-order valence-electron chi connectivity index (χ4n) is 2.44. The Morgan fingerprint density at radius 2 is 1.88 bits per heavy atom. The van der Waals surface area contributed by atoms with Crippen molar-refractivity contribution >= 4 is 6.08 Å². The highest BCUT2D eigenvalue weighted by Crippen LogP contribution is 2.34. The molecular formula is C19H17F3O2. The molecule has 1 aliphatic rings. The van der Waals surface area contributed by atoms with E-state index < -0.39 is 17.3 Å². The van der Waals surface area contributed by atoms with Crippen LogP contribution in [0.5, 0.6) is 11.5 Å². The molecule has 1 heterocycles. The lowest BCUT2D eigenvalue weighted by Crippen LogP contribution is -2.27. The van der Waals surface area contributed by atoms with Gasteiger partial charge in [-0.3, -0.25) is 0 Å². The van der Waals surface area contributed by atoms with E-state index >= 15 is 0 Å². The number of benzene rings is 2. The summed E-state index contributed by atoms with van der Waals surface area (Å²) in [5.41, 5.74) is 0.334. The first kappa shape index (κ1) is 16.4. The highest BCUT2D eigenvalue weighted by molar-refractivity contribution is 5.62. The third kappa shape index (κ3) is 3.72. The minimum Gasteiger partial charge on any atom is -0.489 e. The molecule has 0 amide bonds. The lowest BCUT2D eigenvalue weighted by Gasteiger charge is -2.28. The van der Waals surface area contributed by atoms with Crippen molar-refractivity contribution in [2.45, 2.75) is 32.2 Å². The summed E-state index contributed by atoms with van der Waals surface area (Å²) in [5, 5.41) is 0. The summed E-state index contributed by atoms with van der Waals surface area (Å²) in [7, 11) is 0. The van der Waals surface area contributed by atoms with Crippen LogP contribution in [-0.2, 0) is 12.8 Å². The minimum absolute atomic E-state index is 0.0575. The fraction of sp³-hybridized carbons (Fsp3) is 0.263.